The number of fused-ring (bicyclic) bond motifs is 1. The summed E-state index contributed by atoms with van der Waals surface area (Å²) < 4.78 is 11.6. The lowest BCUT2D eigenvalue weighted by Gasteiger charge is -2.05. The van der Waals surface area contributed by atoms with Crippen LogP contribution in [0, 0.1) is 3.57 Å². The number of esters is 1. The number of nitrogens with two attached hydrogens (primary N) is 1. The molecule has 0 aliphatic carbocycles. The van der Waals surface area contributed by atoms with Gasteiger partial charge in [0.2, 0.25) is 5.89 Å². The molecule has 0 saturated heterocycles. The summed E-state index contributed by atoms with van der Waals surface area (Å²) in [5.74, 6) is -0.137. The Morgan fingerprint density at radius 3 is 2.90 bits per heavy atom. The molecule has 0 bridgehead atoms. The van der Waals surface area contributed by atoms with E-state index in [9.17, 15) is 4.79 Å². The van der Waals surface area contributed by atoms with Crippen molar-refractivity contribution < 1.29 is 13.9 Å². The minimum Gasteiger partial charge on any atom is -0.452 e. The molecule has 21 heavy (non-hydrogen) atoms. The number of rotatable bonds is 3. The number of carbonyl (C=O) groups is 1. The zero-order chi connectivity index (χ0) is 14.8. The standard InChI is InChI=1S/C15H11IN2O3/c16-9-5-6-11(17)10(7-9)15(19)20-8-14-18-12-3-1-2-4-13(12)21-14/h1-7H,8,17H2. The van der Waals surface area contributed by atoms with E-state index in [4.69, 9.17) is 14.9 Å². The number of ether oxygens (including phenoxy) is 1. The van der Waals surface area contributed by atoms with Crippen molar-refractivity contribution in [3.63, 3.8) is 0 Å². The Bertz CT molecular complexity index is 781. The molecule has 1 heterocycles. The van der Waals surface area contributed by atoms with E-state index in [1.165, 1.54) is 0 Å². The van der Waals surface area contributed by atoms with E-state index in [0.717, 1.165) is 9.09 Å². The van der Waals surface area contributed by atoms with E-state index in [-0.39, 0.29) is 6.61 Å². The fourth-order valence-corrected chi connectivity index (χ4v) is 2.38. The molecule has 3 aromatic rings. The van der Waals surface area contributed by atoms with E-state index >= 15 is 0 Å². The Morgan fingerprint density at radius 1 is 1.29 bits per heavy atom. The predicted octanol–water partition coefficient (Wildman–Crippen LogP) is 3.37. The van der Waals surface area contributed by atoms with Crippen LogP contribution < -0.4 is 5.73 Å². The summed E-state index contributed by atoms with van der Waals surface area (Å²) in [5.41, 5.74) is 7.91. The Morgan fingerprint density at radius 2 is 2.10 bits per heavy atom. The molecule has 0 radical (unpaired) electrons. The van der Waals surface area contributed by atoms with Crippen LogP contribution in [0.15, 0.2) is 46.9 Å². The van der Waals surface area contributed by atoms with Crippen molar-refractivity contribution in [2.24, 2.45) is 0 Å². The highest BCUT2D eigenvalue weighted by atomic mass is 127. The van der Waals surface area contributed by atoms with Gasteiger partial charge >= 0.3 is 5.97 Å². The molecule has 0 spiro atoms. The third-order valence-electron chi connectivity index (χ3n) is 2.90. The van der Waals surface area contributed by atoms with Crippen molar-refractivity contribution in [3.05, 3.63) is 57.5 Å². The van der Waals surface area contributed by atoms with Crippen molar-refractivity contribution in [1.29, 1.82) is 0 Å². The van der Waals surface area contributed by atoms with Gasteiger partial charge in [0.1, 0.15) is 5.52 Å². The van der Waals surface area contributed by atoms with Gasteiger partial charge in [-0.2, -0.15) is 0 Å². The van der Waals surface area contributed by atoms with Crippen molar-refractivity contribution in [1.82, 2.24) is 4.98 Å². The van der Waals surface area contributed by atoms with Crippen LogP contribution in [0.5, 0.6) is 0 Å². The fraction of sp³-hybridized carbons (Fsp3) is 0.0667. The molecule has 0 unspecified atom stereocenters. The summed E-state index contributed by atoms with van der Waals surface area (Å²) in [4.78, 5) is 16.3. The first-order chi connectivity index (χ1) is 10.1. The number of oxazole rings is 1. The highest BCUT2D eigenvalue weighted by Gasteiger charge is 2.14. The van der Waals surface area contributed by atoms with Gasteiger partial charge in [-0.25, -0.2) is 9.78 Å². The van der Waals surface area contributed by atoms with Crippen LogP contribution in [0.3, 0.4) is 0 Å². The number of nitrogens with zero attached hydrogens (tertiary/aromatic N) is 1. The average molecular weight is 394 g/mol. The predicted molar refractivity (Wildman–Crippen MR) is 86.7 cm³/mol. The summed E-state index contributed by atoms with van der Waals surface area (Å²) in [6.45, 7) is -0.0293. The number of hydrogen-bond acceptors (Lipinski definition) is 5. The minimum absolute atomic E-state index is 0.0293. The summed E-state index contributed by atoms with van der Waals surface area (Å²) >= 11 is 2.11. The molecule has 1 aromatic heterocycles. The average Bonchev–Trinajstić information content (AvgIpc) is 2.90. The second-order valence-corrected chi connectivity index (χ2v) is 5.63. The lowest BCUT2D eigenvalue weighted by Crippen LogP contribution is -2.08. The Kier molecular flexibility index (Phi) is 3.78. The highest BCUT2D eigenvalue weighted by Crippen LogP contribution is 2.19. The molecule has 0 aliphatic heterocycles. The van der Waals surface area contributed by atoms with Crippen LogP contribution in [0.25, 0.3) is 11.1 Å². The van der Waals surface area contributed by atoms with Crippen LogP contribution >= 0.6 is 22.6 Å². The number of aromatic nitrogens is 1. The highest BCUT2D eigenvalue weighted by molar-refractivity contribution is 14.1. The lowest BCUT2D eigenvalue weighted by atomic mass is 10.2. The van der Waals surface area contributed by atoms with Gasteiger partial charge < -0.3 is 14.9 Å². The van der Waals surface area contributed by atoms with Gasteiger partial charge in [-0.1, -0.05) is 12.1 Å². The number of para-hydroxylation sites is 2. The smallest absolute Gasteiger partial charge is 0.340 e. The number of halogens is 1. The quantitative estimate of drug-likeness (QED) is 0.419. The molecule has 2 N–H and O–H groups in total. The van der Waals surface area contributed by atoms with Crippen LogP contribution in [0.1, 0.15) is 16.2 Å². The molecule has 0 fully saturated rings. The van der Waals surface area contributed by atoms with Crippen LogP contribution in [0.4, 0.5) is 5.69 Å². The van der Waals surface area contributed by atoms with E-state index in [0.29, 0.717) is 22.7 Å². The maximum atomic E-state index is 12.0. The SMILES string of the molecule is Nc1ccc(I)cc1C(=O)OCc1nc2ccccc2o1. The molecule has 0 atom stereocenters. The topological polar surface area (TPSA) is 78.4 Å². The molecular formula is C15H11IN2O3. The third-order valence-corrected chi connectivity index (χ3v) is 3.57. The summed E-state index contributed by atoms with van der Waals surface area (Å²) in [5, 5.41) is 0. The minimum atomic E-state index is -0.492. The summed E-state index contributed by atoms with van der Waals surface area (Å²) in [6, 6.07) is 12.6. The number of nitrogen functional groups attached to an aromatic ring is 1. The van der Waals surface area contributed by atoms with Gasteiger partial charge in [0.25, 0.3) is 0 Å². The van der Waals surface area contributed by atoms with E-state index in [1.807, 2.05) is 30.3 Å². The molecule has 5 nitrogen and oxygen atoms in total. The Labute approximate surface area is 134 Å². The zero-order valence-electron chi connectivity index (χ0n) is 10.9. The van der Waals surface area contributed by atoms with Gasteiger partial charge in [-0.05, 0) is 52.9 Å². The first-order valence-corrected chi connectivity index (χ1v) is 7.28. The molecule has 0 aliphatic rings. The number of hydrogen-bond donors (Lipinski definition) is 1. The second kappa shape index (κ2) is 5.72. The first-order valence-electron chi connectivity index (χ1n) is 6.20. The monoisotopic (exact) mass is 394 g/mol. The normalized spacial score (nSPS) is 10.7. The van der Waals surface area contributed by atoms with Gasteiger partial charge in [0.05, 0.1) is 5.56 Å². The first kappa shape index (κ1) is 13.9. The Balaban J connectivity index is 1.74. The number of anilines is 1. The summed E-state index contributed by atoms with van der Waals surface area (Å²) in [7, 11) is 0. The summed E-state index contributed by atoms with van der Waals surface area (Å²) in [6.07, 6.45) is 0. The van der Waals surface area contributed by atoms with E-state index < -0.39 is 5.97 Å². The van der Waals surface area contributed by atoms with Crippen LogP contribution in [-0.2, 0) is 11.3 Å². The maximum absolute atomic E-state index is 12.0. The van der Waals surface area contributed by atoms with Crippen molar-refractivity contribution in [3.8, 4) is 0 Å². The molecule has 106 valence electrons. The van der Waals surface area contributed by atoms with Gasteiger partial charge in [0.15, 0.2) is 12.2 Å². The third kappa shape index (κ3) is 2.99. The molecule has 0 saturated carbocycles. The molecule has 6 heteroatoms. The van der Waals surface area contributed by atoms with E-state index in [1.54, 1.807) is 12.1 Å². The van der Waals surface area contributed by atoms with Gasteiger partial charge in [-0.15, -0.1) is 0 Å². The Hall–Kier alpha value is -2.09. The number of benzene rings is 2. The largest absolute Gasteiger partial charge is 0.452 e. The maximum Gasteiger partial charge on any atom is 0.340 e. The fourth-order valence-electron chi connectivity index (χ4n) is 1.89. The van der Waals surface area contributed by atoms with Gasteiger partial charge in [-0.3, -0.25) is 0 Å². The molecule has 0 amide bonds. The number of carbonyl (C=O) groups excluding carboxylic acids is 1. The van der Waals surface area contributed by atoms with Crippen molar-refractivity contribution in [2.75, 3.05) is 5.73 Å². The van der Waals surface area contributed by atoms with Crippen LogP contribution in [0.2, 0.25) is 0 Å². The van der Waals surface area contributed by atoms with Gasteiger partial charge in [0, 0.05) is 9.26 Å². The lowest BCUT2D eigenvalue weighted by molar-refractivity contribution is 0.0441. The van der Waals surface area contributed by atoms with Crippen molar-refractivity contribution in [2.45, 2.75) is 6.61 Å². The van der Waals surface area contributed by atoms with E-state index in [2.05, 4.69) is 27.6 Å². The van der Waals surface area contributed by atoms with Crippen LogP contribution in [-0.4, -0.2) is 11.0 Å². The molecular weight excluding hydrogens is 383 g/mol. The molecule has 3 rings (SSSR count). The molecule has 2 aromatic carbocycles. The van der Waals surface area contributed by atoms with Crippen molar-refractivity contribution >= 4 is 45.3 Å². The second-order valence-electron chi connectivity index (χ2n) is 4.38. The zero-order valence-corrected chi connectivity index (χ0v) is 13.0.